The maximum Gasteiger partial charge on any atom is 0.278 e. The number of aromatic nitrogens is 2. The standard InChI is InChI=1S/C17H15ClN4O2/c1-24-16-7-6-14(20-21-16)17(23)22(10-11-2-3-11)15-8-13(18)5-4-12(15)9-19/h4-8,11H,2-3,10H2,1H3. The average molecular weight is 343 g/mol. The predicted molar refractivity (Wildman–Crippen MR) is 89.2 cm³/mol. The molecular formula is C17H15ClN4O2. The fraction of sp³-hybridized carbons (Fsp3) is 0.294. The summed E-state index contributed by atoms with van der Waals surface area (Å²) in [6.07, 6.45) is 2.14. The van der Waals surface area contributed by atoms with E-state index >= 15 is 0 Å². The third-order valence-electron chi connectivity index (χ3n) is 3.82. The van der Waals surface area contributed by atoms with Crippen LogP contribution in [0.4, 0.5) is 5.69 Å². The Labute approximate surface area is 144 Å². The van der Waals surface area contributed by atoms with Crippen molar-refractivity contribution >= 4 is 23.2 Å². The van der Waals surface area contributed by atoms with E-state index < -0.39 is 0 Å². The van der Waals surface area contributed by atoms with Crippen LogP contribution < -0.4 is 9.64 Å². The minimum atomic E-state index is -0.309. The Bertz CT molecular complexity index is 797. The van der Waals surface area contributed by atoms with E-state index in [-0.39, 0.29) is 11.6 Å². The highest BCUT2D eigenvalue weighted by Crippen LogP contribution is 2.34. The van der Waals surface area contributed by atoms with Crippen molar-refractivity contribution in [3.63, 3.8) is 0 Å². The molecule has 0 bridgehead atoms. The SMILES string of the molecule is COc1ccc(C(=O)N(CC2CC2)c2cc(Cl)ccc2C#N)nn1. The first-order chi connectivity index (χ1) is 11.6. The molecular weight excluding hydrogens is 328 g/mol. The van der Waals surface area contributed by atoms with Crippen LogP contribution in [-0.2, 0) is 0 Å². The van der Waals surface area contributed by atoms with Gasteiger partial charge in [0.05, 0.1) is 18.4 Å². The molecule has 7 heteroatoms. The summed E-state index contributed by atoms with van der Waals surface area (Å²) < 4.78 is 4.96. The zero-order chi connectivity index (χ0) is 17.1. The van der Waals surface area contributed by atoms with Crippen LogP contribution in [-0.4, -0.2) is 29.8 Å². The van der Waals surface area contributed by atoms with E-state index in [1.54, 1.807) is 35.2 Å². The molecule has 0 atom stereocenters. The molecule has 0 unspecified atom stereocenters. The second-order valence-corrected chi connectivity index (χ2v) is 6.03. The van der Waals surface area contributed by atoms with Gasteiger partial charge in [0.1, 0.15) is 6.07 Å². The molecule has 6 nitrogen and oxygen atoms in total. The highest BCUT2D eigenvalue weighted by atomic mass is 35.5. The van der Waals surface area contributed by atoms with Crippen molar-refractivity contribution in [3.8, 4) is 11.9 Å². The third kappa shape index (κ3) is 3.47. The van der Waals surface area contributed by atoms with Crippen LogP contribution in [0.3, 0.4) is 0 Å². The fourth-order valence-corrected chi connectivity index (χ4v) is 2.52. The summed E-state index contributed by atoms with van der Waals surface area (Å²) in [6, 6.07) is 10.1. The maximum absolute atomic E-state index is 12.9. The smallest absolute Gasteiger partial charge is 0.278 e. The number of amides is 1. The van der Waals surface area contributed by atoms with Crippen LogP contribution in [0.5, 0.6) is 5.88 Å². The molecule has 1 aromatic carbocycles. The van der Waals surface area contributed by atoms with E-state index in [9.17, 15) is 10.1 Å². The van der Waals surface area contributed by atoms with Crippen molar-refractivity contribution in [1.29, 1.82) is 5.26 Å². The number of carbonyl (C=O) groups excluding carboxylic acids is 1. The summed E-state index contributed by atoms with van der Waals surface area (Å²) >= 11 is 6.07. The third-order valence-corrected chi connectivity index (χ3v) is 4.06. The first kappa shape index (κ1) is 16.2. The summed E-state index contributed by atoms with van der Waals surface area (Å²) in [5.74, 6) is 0.460. The van der Waals surface area contributed by atoms with Crippen molar-refractivity contribution in [3.05, 3.63) is 46.6 Å². The number of benzene rings is 1. The maximum atomic E-state index is 12.9. The molecule has 0 spiro atoms. The number of nitriles is 1. The molecule has 24 heavy (non-hydrogen) atoms. The Kier molecular flexibility index (Phi) is 4.63. The number of nitrogens with zero attached hydrogens (tertiary/aromatic N) is 4. The lowest BCUT2D eigenvalue weighted by molar-refractivity contribution is 0.0979. The first-order valence-corrected chi connectivity index (χ1v) is 7.89. The van der Waals surface area contributed by atoms with Gasteiger partial charge in [0.25, 0.3) is 5.91 Å². The van der Waals surface area contributed by atoms with Crippen molar-refractivity contribution in [2.24, 2.45) is 5.92 Å². The van der Waals surface area contributed by atoms with Crippen LogP contribution in [0, 0.1) is 17.2 Å². The number of hydrogen-bond donors (Lipinski definition) is 0. The van der Waals surface area contributed by atoms with Gasteiger partial charge in [0.2, 0.25) is 5.88 Å². The van der Waals surface area contributed by atoms with Crippen molar-refractivity contribution in [1.82, 2.24) is 10.2 Å². The van der Waals surface area contributed by atoms with E-state index in [0.29, 0.717) is 34.6 Å². The molecule has 3 rings (SSSR count). The van der Waals surface area contributed by atoms with E-state index in [0.717, 1.165) is 12.8 Å². The minimum Gasteiger partial charge on any atom is -0.480 e. The monoisotopic (exact) mass is 342 g/mol. The second kappa shape index (κ2) is 6.85. The van der Waals surface area contributed by atoms with Crippen LogP contribution >= 0.6 is 11.6 Å². The van der Waals surface area contributed by atoms with Crippen LogP contribution in [0.1, 0.15) is 28.9 Å². The van der Waals surface area contributed by atoms with Crippen molar-refractivity contribution in [2.45, 2.75) is 12.8 Å². The molecule has 2 aromatic rings. The van der Waals surface area contributed by atoms with Gasteiger partial charge in [-0.25, -0.2) is 0 Å². The predicted octanol–water partition coefficient (Wildman–Crippen LogP) is 3.07. The topological polar surface area (TPSA) is 79.1 Å². The number of methoxy groups -OCH3 is 1. The Balaban J connectivity index is 1.98. The largest absolute Gasteiger partial charge is 0.480 e. The lowest BCUT2D eigenvalue weighted by Gasteiger charge is -2.23. The summed E-state index contributed by atoms with van der Waals surface area (Å²) in [5, 5.41) is 17.6. The van der Waals surface area contributed by atoms with E-state index in [1.807, 2.05) is 0 Å². The van der Waals surface area contributed by atoms with Gasteiger partial charge in [-0.15, -0.1) is 10.2 Å². The molecule has 122 valence electrons. The molecule has 0 aliphatic heterocycles. The Morgan fingerprint density at radius 1 is 1.38 bits per heavy atom. The highest BCUT2D eigenvalue weighted by molar-refractivity contribution is 6.31. The quantitative estimate of drug-likeness (QED) is 0.834. The Morgan fingerprint density at radius 3 is 2.75 bits per heavy atom. The molecule has 0 radical (unpaired) electrons. The van der Waals surface area contributed by atoms with Gasteiger partial charge in [-0.2, -0.15) is 5.26 Å². The van der Waals surface area contributed by atoms with Gasteiger partial charge in [0.15, 0.2) is 5.69 Å². The molecule has 1 saturated carbocycles. The highest BCUT2D eigenvalue weighted by Gasteiger charge is 2.30. The molecule has 1 aliphatic rings. The molecule has 0 N–H and O–H groups in total. The molecule has 1 amide bonds. The summed E-state index contributed by atoms with van der Waals surface area (Å²) in [5.41, 5.74) is 1.09. The van der Waals surface area contributed by atoms with E-state index in [1.165, 1.54) is 7.11 Å². The Hall–Kier alpha value is -2.65. The van der Waals surface area contributed by atoms with Crippen LogP contribution in [0.15, 0.2) is 30.3 Å². The van der Waals surface area contributed by atoms with Gasteiger partial charge in [0, 0.05) is 17.6 Å². The number of ether oxygens (including phenoxy) is 1. The van der Waals surface area contributed by atoms with Crippen LogP contribution in [0.25, 0.3) is 0 Å². The van der Waals surface area contributed by atoms with Gasteiger partial charge in [-0.3, -0.25) is 4.79 Å². The molecule has 0 saturated heterocycles. The fourth-order valence-electron chi connectivity index (χ4n) is 2.35. The zero-order valence-corrected chi connectivity index (χ0v) is 13.8. The number of anilines is 1. The number of rotatable bonds is 5. The summed E-state index contributed by atoms with van der Waals surface area (Å²) in [4.78, 5) is 14.5. The lowest BCUT2D eigenvalue weighted by Crippen LogP contribution is -2.34. The second-order valence-electron chi connectivity index (χ2n) is 5.59. The van der Waals surface area contributed by atoms with Gasteiger partial charge >= 0.3 is 0 Å². The molecule has 1 fully saturated rings. The van der Waals surface area contributed by atoms with E-state index in [2.05, 4.69) is 16.3 Å². The zero-order valence-electron chi connectivity index (χ0n) is 13.1. The van der Waals surface area contributed by atoms with Gasteiger partial charge in [-0.05, 0) is 43.0 Å². The van der Waals surface area contributed by atoms with Gasteiger partial charge in [-0.1, -0.05) is 11.6 Å². The molecule has 1 aromatic heterocycles. The molecule has 1 aliphatic carbocycles. The summed E-state index contributed by atoms with van der Waals surface area (Å²) in [6.45, 7) is 0.529. The van der Waals surface area contributed by atoms with Crippen molar-refractivity contribution in [2.75, 3.05) is 18.6 Å². The number of carbonyl (C=O) groups is 1. The average Bonchev–Trinajstić information content (AvgIpc) is 3.43. The first-order valence-electron chi connectivity index (χ1n) is 7.51. The molecule has 1 heterocycles. The van der Waals surface area contributed by atoms with Crippen molar-refractivity contribution < 1.29 is 9.53 Å². The van der Waals surface area contributed by atoms with E-state index in [4.69, 9.17) is 16.3 Å². The normalized spacial score (nSPS) is 13.2. The minimum absolute atomic E-state index is 0.195. The summed E-state index contributed by atoms with van der Waals surface area (Å²) in [7, 11) is 1.48. The number of hydrogen-bond acceptors (Lipinski definition) is 5. The number of halogens is 1. The Morgan fingerprint density at radius 2 is 2.17 bits per heavy atom. The lowest BCUT2D eigenvalue weighted by atomic mass is 10.1. The van der Waals surface area contributed by atoms with Gasteiger partial charge < -0.3 is 9.64 Å². The van der Waals surface area contributed by atoms with Crippen LogP contribution in [0.2, 0.25) is 5.02 Å².